The first-order chi connectivity index (χ1) is 10.3. The van der Waals surface area contributed by atoms with E-state index in [1.54, 1.807) is 6.07 Å². The van der Waals surface area contributed by atoms with Crippen molar-refractivity contribution in [2.24, 2.45) is 0 Å². The number of amides is 1. The van der Waals surface area contributed by atoms with Gasteiger partial charge in [0.25, 0.3) is 5.91 Å². The highest BCUT2D eigenvalue weighted by Crippen LogP contribution is 2.32. The molecule has 1 amide bonds. The number of rotatable bonds is 3. The molecule has 2 rings (SSSR count). The fourth-order valence-corrected chi connectivity index (χ4v) is 1.89. The van der Waals surface area contributed by atoms with Crippen LogP contribution in [0.3, 0.4) is 0 Å². The van der Waals surface area contributed by atoms with Crippen LogP contribution in [-0.4, -0.2) is 22.9 Å². The molecule has 0 saturated heterocycles. The lowest BCUT2D eigenvalue weighted by molar-refractivity contribution is -0.137. The van der Waals surface area contributed by atoms with Crippen molar-refractivity contribution >= 4 is 23.3 Å². The van der Waals surface area contributed by atoms with Crippen LogP contribution in [0.5, 0.6) is 0 Å². The van der Waals surface area contributed by atoms with Crippen LogP contribution in [0.1, 0.15) is 15.9 Å². The van der Waals surface area contributed by atoms with E-state index in [1.165, 1.54) is 25.5 Å². The first-order valence-corrected chi connectivity index (χ1v) is 6.34. The summed E-state index contributed by atoms with van der Waals surface area (Å²) in [5.74, 6) is -0.500. The van der Waals surface area contributed by atoms with Gasteiger partial charge < -0.3 is 0 Å². The van der Waals surface area contributed by atoms with Gasteiger partial charge in [0.15, 0.2) is 5.82 Å². The first-order valence-electron chi connectivity index (χ1n) is 5.96. The number of hydrazine groups is 1. The monoisotopic (exact) mass is 330 g/mol. The highest BCUT2D eigenvalue weighted by molar-refractivity contribution is 6.33. The smallest absolute Gasteiger partial charge is 0.270 e. The van der Waals surface area contributed by atoms with Crippen molar-refractivity contribution in [1.82, 2.24) is 15.4 Å². The molecule has 0 aliphatic heterocycles. The second-order valence-electron chi connectivity index (χ2n) is 4.27. The van der Waals surface area contributed by atoms with Crippen LogP contribution in [0.2, 0.25) is 5.02 Å². The van der Waals surface area contributed by atoms with Gasteiger partial charge in [0.1, 0.15) is 0 Å². The van der Waals surface area contributed by atoms with Crippen LogP contribution in [-0.2, 0) is 6.18 Å². The van der Waals surface area contributed by atoms with Gasteiger partial charge in [-0.1, -0.05) is 11.6 Å². The van der Waals surface area contributed by atoms with Crippen LogP contribution >= 0.6 is 11.6 Å². The molecular weight excluding hydrogens is 321 g/mol. The summed E-state index contributed by atoms with van der Waals surface area (Å²) in [5, 5.41) is 0.904. The Bertz CT molecular complexity index is 679. The number of alkyl halides is 3. The summed E-state index contributed by atoms with van der Waals surface area (Å²) in [6.45, 7) is 0. The molecule has 2 heterocycles. The van der Waals surface area contributed by atoms with E-state index in [-0.39, 0.29) is 16.4 Å². The predicted octanol–water partition coefficient (Wildman–Crippen LogP) is 2.93. The van der Waals surface area contributed by atoms with Crippen molar-refractivity contribution in [2.45, 2.75) is 6.18 Å². The summed E-state index contributed by atoms with van der Waals surface area (Å²) in [4.78, 5) is 19.4. The molecule has 116 valence electrons. The van der Waals surface area contributed by atoms with Crippen LogP contribution in [0, 0.1) is 0 Å². The van der Waals surface area contributed by atoms with Crippen molar-refractivity contribution in [3.63, 3.8) is 0 Å². The quantitative estimate of drug-likeness (QED) is 0.879. The van der Waals surface area contributed by atoms with Gasteiger partial charge in [-0.25, -0.2) is 4.98 Å². The number of carbonyl (C=O) groups is 1. The molecule has 0 fully saturated rings. The minimum Gasteiger partial charge on any atom is -0.270 e. The minimum absolute atomic E-state index is 0.00749. The summed E-state index contributed by atoms with van der Waals surface area (Å²) in [7, 11) is 1.41. The third kappa shape index (κ3) is 3.64. The molecule has 2 aromatic rings. The molecule has 0 saturated carbocycles. The van der Waals surface area contributed by atoms with Crippen LogP contribution in [0.15, 0.2) is 36.8 Å². The Balaban J connectivity index is 2.16. The number of carbonyl (C=O) groups excluding carboxylic acids is 1. The van der Waals surface area contributed by atoms with Crippen molar-refractivity contribution in [3.05, 3.63) is 52.9 Å². The number of hydrogen-bond acceptors (Lipinski definition) is 4. The van der Waals surface area contributed by atoms with E-state index >= 15 is 0 Å². The number of hydrogen-bond donors (Lipinski definition) is 1. The van der Waals surface area contributed by atoms with E-state index in [4.69, 9.17) is 11.6 Å². The van der Waals surface area contributed by atoms with E-state index in [0.29, 0.717) is 6.20 Å². The number of nitrogens with one attached hydrogen (secondary N) is 1. The van der Waals surface area contributed by atoms with Gasteiger partial charge in [0, 0.05) is 25.6 Å². The Hall–Kier alpha value is -2.35. The van der Waals surface area contributed by atoms with Gasteiger partial charge in [-0.3, -0.25) is 20.2 Å². The molecule has 0 aliphatic rings. The molecule has 0 spiro atoms. The molecule has 0 aromatic carbocycles. The SMILES string of the molecule is CN(NC(=O)c1cccnc1)c1ncc(C(F)(F)F)cc1Cl. The molecule has 0 bridgehead atoms. The van der Waals surface area contributed by atoms with Crippen molar-refractivity contribution in [1.29, 1.82) is 0 Å². The largest absolute Gasteiger partial charge is 0.417 e. The van der Waals surface area contributed by atoms with Gasteiger partial charge >= 0.3 is 6.18 Å². The van der Waals surface area contributed by atoms with Gasteiger partial charge in [0.2, 0.25) is 0 Å². The fourth-order valence-electron chi connectivity index (χ4n) is 1.60. The van der Waals surface area contributed by atoms with Gasteiger partial charge in [-0.05, 0) is 18.2 Å². The van der Waals surface area contributed by atoms with Crippen LogP contribution in [0.25, 0.3) is 0 Å². The summed E-state index contributed by atoms with van der Waals surface area (Å²) in [6, 6.07) is 3.87. The lowest BCUT2D eigenvalue weighted by atomic mass is 10.2. The Morgan fingerprint density at radius 1 is 1.36 bits per heavy atom. The van der Waals surface area contributed by atoms with Crippen LogP contribution < -0.4 is 10.4 Å². The average molecular weight is 331 g/mol. The first kappa shape index (κ1) is 16.0. The Morgan fingerprint density at radius 3 is 2.64 bits per heavy atom. The van der Waals surface area contributed by atoms with E-state index in [2.05, 4.69) is 15.4 Å². The highest BCUT2D eigenvalue weighted by Gasteiger charge is 2.32. The molecule has 5 nitrogen and oxygen atoms in total. The average Bonchev–Trinajstić information content (AvgIpc) is 2.46. The second-order valence-corrected chi connectivity index (χ2v) is 4.68. The van der Waals surface area contributed by atoms with E-state index in [1.807, 2.05) is 0 Å². The van der Waals surface area contributed by atoms with Gasteiger partial charge in [0.05, 0.1) is 16.1 Å². The zero-order chi connectivity index (χ0) is 16.3. The summed E-state index contributed by atoms with van der Waals surface area (Å²) < 4.78 is 37.6. The maximum absolute atomic E-state index is 12.5. The number of nitrogens with zero attached hydrogens (tertiary/aromatic N) is 3. The third-order valence-corrected chi connectivity index (χ3v) is 2.94. The molecule has 2 aromatic heterocycles. The normalized spacial score (nSPS) is 11.1. The Kier molecular flexibility index (Phi) is 4.51. The Morgan fingerprint density at radius 2 is 2.09 bits per heavy atom. The molecular formula is C13H10ClF3N4O. The molecule has 0 aliphatic carbocycles. The third-order valence-electron chi connectivity index (χ3n) is 2.66. The summed E-state index contributed by atoms with van der Waals surface area (Å²) in [5.41, 5.74) is 1.76. The summed E-state index contributed by atoms with van der Waals surface area (Å²) in [6.07, 6.45) is -1.03. The predicted molar refractivity (Wildman–Crippen MR) is 74.4 cm³/mol. The molecule has 0 radical (unpaired) electrons. The van der Waals surface area contributed by atoms with Crippen molar-refractivity contribution < 1.29 is 18.0 Å². The Labute approximate surface area is 128 Å². The molecule has 9 heteroatoms. The number of aromatic nitrogens is 2. The molecule has 1 N–H and O–H groups in total. The maximum Gasteiger partial charge on any atom is 0.417 e. The zero-order valence-electron chi connectivity index (χ0n) is 11.2. The number of halogens is 4. The molecule has 0 atom stereocenters. The summed E-state index contributed by atoms with van der Waals surface area (Å²) >= 11 is 5.79. The van der Waals surface area contributed by atoms with Gasteiger partial charge in [-0.15, -0.1) is 0 Å². The van der Waals surface area contributed by atoms with E-state index < -0.39 is 17.6 Å². The van der Waals surface area contributed by atoms with Gasteiger partial charge in [-0.2, -0.15) is 13.2 Å². The minimum atomic E-state index is -4.54. The van der Waals surface area contributed by atoms with Crippen LogP contribution in [0.4, 0.5) is 19.0 Å². The number of anilines is 1. The fraction of sp³-hybridized carbons (Fsp3) is 0.154. The standard InChI is InChI=1S/C13H10ClF3N4O/c1-21(20-12(22)8-3-2-4-18-6-8)11-10(14)5-9(7-19-11)13(15,16)17/h2-7H,1H3,(H,20,22). The molecule has 0 unspecified atom stereocenters. The topological polar surface area (TPSA) is 58.1 Å². The zero-order valence-corrected chi connectivity index (χ0v) is 12.0. The lowest BCUT2D eigenvalue weighted by Gasteiger charge is -2.20. The van der Waals surface area contributed by atoms with E-state index in [0.717, 1.165) is 11.1 Å². The number of pyridine rings is 2. The highest BCUT2D eigenvalue weighted by atomic mass is 35.5. The van der Waals surface area contributed by atoms with E-state index in [9.17, 15) is 18.0 Å². The molecule has 22 heavy (non-hydrogen) atoms. The van der Waals surface area contributed by atoms with Crippen molar-refractivity contribution in [2.75, 3.05) is 12.1 Å². The lowest BCUT2D eigenvalue weighted by Crippen LogP contribution is -2.40. The second kappa shape index (κ2) is 6.18. The van der Waals surface area contributed by atoms with Crippen molar-refractivity contribution in [3.8, 4) is 0 Å². The maximum atomic E-state index is 12.5.